The number of benzene rings is 2. The highest BCUT2D eigenvalue weighted by atomic mass is 35.5. The van der Waals surface area contributed by atoms with Gasteiger partial charge in [0.1, 0.15) is 0 Å². The van der Waals surface area contributed by atoms with E-state index in [1.54, 1.807) is 23.6 Å². The lowest BCUT2D eigenvalue weighted by Crippen LogP contribution is -2.47. The maximum atomic E-state index is 12.5. The molecular formula is C20H20ClNO2S. The average molecular weight is 374 g/mol. The van der Waals surface area contributed by atoms with Crippen LogP contribution in [0.3, 0.4) is 0 Å². The Bertz CT molecular complexity index is 770. The van der Waals surface area contributed by atoms with E-state index in [4.69, 9.17) is 11.6 Å². The molecular weight excluding hydrogens is 354 g/mol. The predicted molar refractivity (Wildman–Crippen MR) is 101 cm³/mol. The first-order chi connectivity index (χ1) is 12.0. The quantitative estimate of drug-likeness (QED) is 0.741. The number of hydrogen-bond acceptors (Lipinski definition) is 3. The minimum Gasteiger partial charge on any atom is -0.343 e. The number of carbonyl (C=O) groups is 2. The molecule has 0 bridgehead atoms. The van der Waals surface area contributed by atoms with E-state index >= 15 is 0 Å². The molecule has 0 spiro atoms. The predicted octanol–water partition coefficient (Wildman–Crippen LogP) is 4.48. The largest absolute Gasteiger partial charge is 0.343 e. The number of likely N-dealkylation sites (tertiary alicyclic amines) is 1. The monoisotopic (exact) mass is 373 g/mol. The molecule has 1 fully saturated rings. The lowest BCUT2D eigenvalue weighted by atomic mass is 9.73. The second-order valence-corrected chi connectivity index (χ2v) is 7.73. The summed E-state index contributed by atoms with van der Waals surface area (Å²) >= 11 is 7.74. The maximum Gasteiger partial charge on any atom is 0.232 e. The van der Waals surface area contributed by atoms with Crippen LogP contribution in [0.15, 0.2) is 64.4 Å². The van der Waals surface area contributed by atoms with Crippen molar-refractivity contribution in [3.05, 3.63) is 60.2 Å². The van der Waals surface area contributed by atoms with Gasteiger partial charge in [-0.3, -0.25) is 9.59 Å². The fraction of sp³-hybridized carbons (Fsp3) is 0.300. The molecule has 130 valence electrons. The van der Waals surface area contributed by atoms with Gasteiger partial charge in [-0.25, -0.2) is 0 Å². The minimum absolute atomic E-state index is 0.0440. The third-order valence-corrected chi connectivity index (χ3v) is 6.26. The SMILES string of the molecule is CC(=O)N1CCC(C(=O)Cl)(c2ccccc2Sc2ccccc2)CC1. The smallest absolute Gasteiger partial charge is 0.232 e. The van der Waals surface area contributed by atoms with E-state index < -0.39 is 5.41 Å². The summed E-state index contributed by atoms with van der Waals surface area (Å²) in [6.07, 6.45) is 1.11. The number of piperidine rings is 1. The molecule has 0 atom stereocenters. The van der Waals surface area contributed by atoms with Crippen LogP contribution < -0.4 is 0 Å². The highest BCUT2D eigenvalue weighted by molar-refractivity contribution is 7.99. The average Bonchev–Trinajstić information content (AvgIpc) is 2.63. The Balaban J connectivity index is 1.96. The molecule has 2 aromatic carbocycles. The van der Waals surface area contributed by atoms with Gasteiger partial charge in [0.15, 0.2) is 0 Å². The molecule has 1 saturated heterocycles. The number of nitrogens with zero attached hydrogens (tertiary/aromatic N) is 1. The second kappa shape index (κ2) is 7.63. The van der Waals surface area contributed by atoms with Crippen LogP contribution in [0.4, 0.5) is 0 Å². The van der Waals surface area contributed by atoms with Crippen molar-refractivity contribution < 1.29 is 9.59 Å². The summed E-state index contributed by atoms with van der Waals surface area (Å²) in [5.74, 6) is 0.0440. The molecule has 0 aliphatic carbocycles. The highest BCUT2D eigenvalue weighted by Gasteiger charge is 2.43. The molecule has 3 nitrogen and oxygen atoms in total. The summed E-state index contributed by atoms with van der Waals surface area (Å²) in [4.78, 5) is 28.0. The van der Waals surface area contributed by atoms with Gasteiger partial charge >= 0.3 is 0 Å². The van der Waals surface area contributed by atoms with Gasteiger partial charge in [-0.05, 0) is 48.2 Å². The summed E-state index contributed by atoms with van der Waals surface area (Å²) in [5, 5.41) is -0.336. The van der Waals surface area contributed by atoms with E-state index in [1.807, 2.05) is 42.5 Å². The van der Waals surface area contributed by atoms with Crippen LogP contribution in [-0.2, 0) is 15.0 Å². The fourth-order valence-corrected chi connectivity index (χ4v) is 4.70. The summed E-state index contributed by atoms with van der Waals surface area (Å²) in [7, 11) is 0. The molecule has 0 N–H and O–H groups in total. The molecule has 2 aromatic rings. The molecule has 0 saturated carbocycles. The summed E-state index contributed by atoms with van der Waals surface area (Å²) in [6.45, 7) is 2.67. The summed E-state index contributed by atoms with van der Waals surface area (Å²) in [6, 6.07) is 18.0. The van der Waals surface area contributed by atoms with Crippen LogP contribution in [0.25, 0.3) is 0 Å². The van der Waals surface area contributed by atoms with E-state index in [9.17, 15) is 9.59 Å². The van der Waals surface area contributed by atoms with Crippen LogP contribution in [0.5, 0.6) is 0 Å². The lowest BCUT2D eigenvalue weighted by Gasteiger charge is -2.40. The van der Waals surface area contributed by atoms with Crippen LogP contribution in [-0.4, -0.2) is 29.1 Å². The van der Waals surface area contributed by atoms with E-state index in [0.29, 0.717) is 25.9 Å². The minimum atomic E-state index is -0.730. The van der Waals surface area contributed by atoms with Crippen molar-refractivity contribution in [2.45, 2.75) is 35.0 Å². The second-order valence-electron chi connectivity index (χ2n) is 6.27. The van der Waals surface area contributed by atoms with E-state index in [-0.39, 0.29) is 11.1 Å². The Kier molecular flexibility index (Phi) is 5.50. The topological polar surface area (TPSA) is 37.4 Å². The Morgan fingerprint density at radius 3 is 2.20 bits per heavy atom. The van der Waals surface area contributed by atoms with E-state index in [2.05, 4.69) is 12.1 Å². The van der Waals surface area contributed by atoms with Gasteiger partial charge in [0.25, 0.3) is 0 Å². The maximum absolute atomic E-state index is 12.5. The molecule has 1 heterocycles. The highest BCUT2D eigenvalue weighted by Crippen LogP contribution is 2.43. The van der Waals surface area contributed by atoms with Crippen molar-refractivity contribution in [2.75, 3.05) is 13.1 Å². The number of hydrogen-bond donors (Lipinski definition) is 0. The first-order valence-corrected chi connectivity index (χ1v) is 9.50. The van der Waals surface area contributed by atoms with Crippen molar-refractivity contribution in [3.63, 3.8) is 0 Å². The van der Waals surface area contributed by atoms with Crippen LogP contribution in [0, 0.1) is 0 Å². The van der Waals surface area contributed by atoms with Crippen molar-refractivity contribution in [1.29, 1.82) is 0 Å². The van der Waals surface area contributed by atoms with E-state index in [0.717, 1.165) is 15.4 Å². The number of rotatable bonds is 4. The molecule has 1 amide bonds. The molecule has 0 aromatic heterocycles. The molecule has 1 aliphatic heterocycles. The van der Waals surface area contributed by atoms with Crippen molar-refractivity contribution >= 4 is 34.5 Å². The fourth-order valence-electron chi connectivity index (χ4n) is 3.34. The first kappa shape index (κ1) is 18.0. The Morgan fingerprint density at radius 1 is 1.00 bits per heavy atom. The number of amides is 1. The molecule has 5 heteroatoms. The van der Waals surface area contributed by atoms with Crippen LogP contribution in [0.2, 0.25) is 0 Å². The normalized spacial score (nSPS) is 16.5. The van der Waals surface area contributed by atoms with Crippen molar-refractivity contribution in [1.82, 2.24) is 4.90 Å². The van der Waals surface area contributed by atoms with E-state index in [1.165, 1.54) is 0 Å². The Morgan fingerprint density at radius 2 is 1.60 bits per heavy atom. The van der Waals surface area contributed by atoms with Gasteiger partial charge in [0.2, 0.25) is 11.1 Å². The van der Waals surface area contributed by atoms with Crippen LogP contribution >= 0.6 is 23.4 Å². The molecule has 0 unspecified atom stereocenters. The third kappa shape index (κ3) is 3.75. The zero-order valence-electron chi connectivity index (χ0n) is 14.1. The molecule has 3 rings (SSSR count). The number of halogens is 1. The van der Waals surface area contributed by atoms with Crippen molar-refractivity contribution in [2.24, 2.45) is 0 Å². The molecule has 0 radical (unpaired) electrons. The molecule has 25 heavy (non-hydrogen) atoms. The zero-order chi connectivity index (χ0) is 17.9. The lowest BCUT2D eigenvalue weighted by molar-refractivity contribution is -0.132. The summed E-state index contributed by atoms with van der Waals surface area (Å²) < 4.78 is 0. The van der Waals surface area contributed by atoms with Crippen LogP contribution in [0.1, 0.15) is 25.3 Å². The third-order valence-electron chi connectivity index (χ3n) is 4.81. The first-order valence-electron chi connectivity index (χ1n) is 8.31. The van der Waals surface area contributed by atoms with Gasteiger partial charge in [-0.15, -0.1) is 0 Å². The van der Waals surface area contributed by atoms with Gasteiger partial charge in [0.05, 0.1) is 5.41 Å². The van der Waals surface area contributed by atoms with Gasteiger partial charge in [-0.1, -0.05) is 48.2 Å². The Labute approximate surface area is 157 Å². The summed E-state index contributed by atoms with van der Waals surface area (Å²) in [5.41, 5.74) is 0.235. The van der Waals surface area contributed by atoms with Crippen molar-refractivity contribution in [3.8, 4) is 0 Å². The molecule has 1 aliphatic rings. The van der Waals surface area contributed by atoms with Gasteiger partial charge in [-0.2, -0.15) is 0 Å². The van der Waals surface area contributed by atoms with Gasteiger partial charge < -0.3 is 4.90 Å². The zero-order valence-corrected chi connectivity index (χ0v) is 15.6. The van der Waals surface area contributed by atoms with Gasteiger partial charge in [0, 0.05) is 29.8 Å². The standard InChI is InChI=1S/C20H20ClNO2S/c1-15(23)22-13-11-20(12-14-22,19(21)24)17-9-5-6-10-18(17)25-16-7-3-2-4-8-16/h2-10H,11-14H2,1H3. The Hall–Kier alpha value is -1.78. The number of carbonyl (C=O) groups excluding carboxylic acids is 2.